The number of aromatic nitrogens is 1. The van der Waals surface area contributed by atoms with Crippen LogP contribution in [0.1, 0.15) is 39.6 Å². The third-order valence-electron chi connectivity index (χ3n) is 3.64. The fourth-order valence-corrected chi connectivity index (χ4v) is 2.38. The second-order valence-electron chi connectivity index (χ2n) is 4.98. The Kier molecular flexibility index (Phi) is 3.24. The number of carbonyl (C=O) groups excluding carboxylic acids is 2. The van der Waals surface area contributed by atoms with E-state index in [1.807, 2.05) is 0 Å². The standard InChI is InChI=1S/C16H12F2N2O2/c1-2-16(17,18)10-7-11(9-19-8-10)20-14(21)12-5-3-4-6-13(12)15(20)22/h3-9H,2H2,1H3. The van der Waals surface area contributed by atoms with Crippen molar-refractivity contribution in [3.8, 4) is 0 Å². The lowest BCUT2D eigenvalue weighted by Crippen LogP contribution is -2.30. The van der Waals surface area contributed by atoms with E-state index >= 15 is 0 Å². The molecule has 3 rings (SSSR count). The molecule has 0 atom stereocenters. The summed E-state index contributed by atoms with van der Waals surface area (Å²) in [6.07, 6.45) is 1.89. The van der Waals surface area contributed by atoms with Gasteiger partial charge in [0.2, 0.25) is 0 Å². The van der Waals surface area contributed by atoms with E-state index in [9.17, 15) is 18.4 Å². The zero-order chi connectivity index (χ0) is 15.9. The van der Waals surface area contributed by atoms with Crippen molar-refractivity contribution < 1.29 is 18.4 Å². The van der Waals surface area contributed by atoms with Crippen molar-refractivity contribution in [1.82, 2.24) is 4.98 Å². The molecular formula is C16H12F2N2O2. The zero-order valence-electron chi connectivity index (χ0n) is 11.7. The molecule has 0 aliphatic carbocycles. The summed E-state index contributed by atoms with van der Waals surface area (Å²) in [4.78, 5) is 29.3. The summed E-state index contributed by atoms with van der Waals surface area (Å²) in [6, 6.07) is 7.50. The van der Waals surface area contributed by atoms with E-state index in [0.29, 0.717) is 0 Å². The quantitative estimate of drug-likeness (QED) is 0.817. The molecule has 4 nitrogen and oxygen atoms in total. The van der Waals surface area contributed by atoms with Crippen LogP contribution in [0.15, 0.2) is 42.7 Å². The van der Waals surface area contributed by atoms with E-state index in [1.54, 1.807) is 12.1 Å². The van der Waals surface area contributed by atoms with Gasteiger partial charge in [0, 0.05) is 18.2 Å². The van der Waals surface area contributed by atoms with Crippen molar-refractivity contribution in [3.05, 3.63) is 59.4 Å². The molecule has 6 heteroatoms. The number of benzene rings is 1. The zero-order valence-corrected chi connectivity index (χ0v) is 11.7. The summed E-state index contributed by atoms with van der Waals surface area (Å²) in [5.74, 6) is -4.11. The van der Waals surface area contributed by atoms with Gasteiger partial charge in [0.25, 0.3) is 17.7 Å². The summed E-state index contributed by atoms with van der Waals surface area (Å²) in [5.41, 5.74) is 0.265. The molecule has 1 aromatic heterocycles. The van der Waals surface area contributed by atoms with Crippen molar-refractivity contribution >= 4 is 17.5 Å². The SMILES string of the molecule is CCC(F)(F)c1cncc(N2C(=O)c3ccccc3C2=O)c1. The molecular weight excluding hydrogens is 290 g/mol. The average molecular weight is 302 g/mol. The number of alkyl halides is 2. The number of amides is 2. The molecule has 0 bridgehead atoms. The number of rotatable bonds is 3. The van der Waals surface area contributed by atoms with Crippen LogP contribution in [0.4, 0.5) is 14.5 Å². The molecule has 0 saturated carbocycles. The number of anilines is 1. The number of carbonyl (C=O) groups is 2. The van der Waals surface area contributed by atoms with Gasteiger partial charge in [-0.1, -0.05) is 19.1 Å². The largest absolute Gasteiger partial charge is 0.274 e. The first-order valence-corrected chi connectivity index (χ1v) is 6.77. The number of hydrogen-bond acceptors (Lipinski definition) is 3. The van der Waals surface area contributed by atoms with Crippen molar-refractivity contribution in [3.63, 3.8) is 0 Å². The van der Waals surface area contributed by atoms with E-state index in [4.69, 9.17) is 0 Å². The van der Waals surface area contributed by atoms with Crippen LogP contribution in [0.3, 0.4) is 0 Å². The molecule has 22 heavy (non-hydrogen) atoms. The minimum Gasteiger partial charge on any atom is -0.268 e. The fraction of sp³-hybridized carbons (Fsp3) is 0.188. The lowest BCUT2D eigenvalue weighted by Gasteiger charge is -2.18. The highest BCUT2D eigenvalue weighted by Crippen LogP contribution is 2.34. The van der Waals surface area contributed by atoms with E-state index in [-0.39, 0.29) is 28.8 Å². The molecule has 0 saturated heterocycles. The summed E-state index contributed by atoms with van der Waals surface area (Å²) >= 11 is 0. The van der Waals surface area contributed by atoms with Crippen LogP contribution in [0.25, 0.3) is 0 Å². The van der Waals surface area contributed by atoms with Gasteiger partial charge in [-0.05, 0) is 18.2 Å². The average Bonchev–Trinajstić information content (AvgIpc) is 2.79. The number of fused-ring (bicyclic) bond motifs is 1. The first-order chi connectivity index (χ1) is 10.5. The second-order valence-corrected chi connectivity index (χ2v) is 4.98. The van der Waals surface area contributed by atoms with Crippen LogP contribution in [0.2, 0.25) is 0 Å². The van der Waals surface area contributed by atoms with E-state index in [1.165, 1.54) is 25.3 Å². The Bertz CT molecular complexity index is 739. The minimum absolute atomic E-state index is 0.0526. The van der Waals surface area contributed by atoms with E-state index in [0.717, 1.165) is 17.2 Å². The van der Waals surface area contributed by atoms with Gasteiger partial charge in [-0.2, -0.15) is 0 Å². The van der Waals surface area contributed by atoms with Crippen LogP contribution >= 0.6 is 0 Å². The highest BCUT2D eigenvalue weighted by molar-refractivity contribution is 6.34. The highest BCUT2D eigenvalue weighted by atomic mass is 19.3. The molecule has 0 N–H and O–H groups in total. The molecule has 2 heterocycles. The van der Waals surface area contributed by atoms with Crippen molar-refractivity contribution in [2.24, 2.45) is 0 Å². The highest BCUT2D eigenvalue weighted by Gasteiger charge is 2.37. The maximum atomic E-state index is 13.8. The van der Waals surface area contributed by atoms with Gasteiger partial charge in [0.05, 0.1) is 23.0 Å². The van der Waals surface area contributed by atoms with Crippen LogP contribution in [-0.2, 0) is 5.92 Å². The lowest BCUT2D eigenvalue weighted by molar-refractivity contribution is -0.00860. The summed E-state index contributed by atoms with van der Waals surface area (Å²) in [7, 11) is 0. The van der Waals surface area contributed by atoms with E-state index < -0.39 is 17.7 Å². The van der Waals surface area contributed by atoms with Gasteiger partial charge in [-0.25, -0.2) is 13.7 Å². The lowest BCUT2D eigenvalue weighted by atomic mass is 10.1. The Balaban J connectivity index is 2.05. The van der Waals surface area contributed by atoms with Crippen molar-refractivity contribution in [2.75, 3.05) is 4.90 Å². The Hall–Kier alpha value is -2.63. The van der Waals surface area contributed by atoms with Crippen LogP contribution in [-0.4, -0.2) is 16.8 Å². The first kappa shape index (κ1) is 14.3. The van der Waals surface area contributed by atoms with Gasteiger partial charge < -0.3 is 0 Å². The van der Waals surface area contributed by atoms with Gasteiger partial charge >= 0.3 is 0 Å². The van der Waals surface area contributed by atoms with Gasteiger partial charge in [0.15, 0.2) is 0 Å². The number of halogens is 2. The molecule has 1 aliphatic heterocycles. The normalized spacial score (nSPS) is 14.4. The predicted molar refractivity (Wildman–Crippen MR) is 76.0 cm³/mol. The molecule has 0 spiro atoms. The third kappa shape index (κ3) is 2.07. The van der Waals surface area contributed by atoms with Crippen LogP contribution < -0.4 is 4.90 Å². The molecule has 1 aromatic carbocycles. The summed E-state index contributed by atoms with van der Waals surface area (Å²) in [6.45, 7) is 1.36. The minimum atomic E-state index is -3.05. The Morgan fingerprint density at radius 2 is 1.68 bits per heavy atom. The Labute approximate surface area is 125 Å². The van der Waals surface area contributed by atoms with Crippen LogP contribution in [0, 0.1) is 0 Å². The van der Waals surface area contributed by atoms with Gasteiger partial charge in [-0.15, -0.1) is 0 Å². The third-order valence-corrected chi connectivity index (χ3v) is 3.64. The second kappa shape index (κ2) is 4.98. The molecule has 0 radical (unpaired) electrons. The van der Waals surface area contributed by atoms with Gasteiger partial charge in [-0.3, -0.25) is 14.6 Å². The van der Waals surface area contributed by atoms with Gasteiger partial charge in [0.1, 0.15) is 0 Å². The molecule has 2 amide bonds. The maximum Gasteiger partial charge on any atom is 0.274 e. The Morgan fingerprint density at radius 3 is 2.23 bits per heavy atom. The Morgan fingerprint density at radius 1 is 1.09 bits per heavy atom. The molecule has 2 aromatic rings. The van der Waals surface area contributed by atoms with Crippen molar-refractivity contribution in [1.29, 1.82) is 0 Å². The van der Waals surface area contributed by atoms with E-state index in [2.05, 4.69) is 4.98 Å². The number of imide groups is 1. The predicted octanol–water partition coefficient (Wildman–Crippen LogP) is 3.38. The van der Waals surface area contributed by atoms with Crippen LogP contribution in [0.5, 0.6) is 0 Å². The summed E-state index contributed by atoms with van der Waals surface area (Å²) < 4.78 is 27.6. The molecule has 112 valence electrons. The number of pyridine rings is 1. The maximum absolute atomic E-state index is 13.8. The molecule has 1 aliphatic rings. The monoisotopic (exact) mass is 302 g/mol. The number of hydrogen-bond donors (Lipinski definition) is 0. The summed E-state index contributed by atoms with van der Waals surface area (Å²) in [5, 5.41) is 0. The smallest absolute Gasteiger partial charge is 0.268 e. The fourth-order valence-electron chi connectivity index (χ4n) is 2.38. The molecule has 0 fully saturated rings. The molecule has 0 unspecified atom stereocenters. The topological polar surface area (TPSA) is 50.3 Å². The number of nitrogens with zero attached hydrogens (tertiary/aromatic N) is 2. The van der Waals surface area contributed by atoms with Crippen molar-refractivity contribution in [2.45, 2.75) is 19.3 Å². The first-order valence-electron chi connectivity index (χ1n) is 6.77.